The molecule has 0 unspecified atom stereocenters. The standard InChI is InChI=1S/C7H17NO2/c1-7(2,6-9)5-8(3)10-4/h9H,5-6H2,1-4H3. The van der Waals surface area contributed by atoms with Crippen molar-refractivity contribution in [3.8, 4) is 0 Å². The second-order valence-electron chi connectivity index (χ2n) is 3.29. The molecule has 0 aliphatic carbocycles. The fourth-order valence-corrected chi connectivity index (χ4v) is 0.717. The molecule has 0 aliphatic rings. The van der Waals surface area contributed by atoms with Gasteiger partial charge < -0.3 is 9.94 Å². The topological polar surface area (TPSA) is 32.7 Å². The minimum atomic E-state index is -0.0786. The van der Waals surface area contributed by atoms with E-state index in [1.807, 2.05) is 20.9 Å². The SMILES string of the molecule is CON(C)CC(C)(C)CO. The summed E-state index contributed by atoms with van der Waals surface area (Å²) in [4.78, 5) is 4.91. The third-order valence-electron chi connectivity index (χ3n) is 1.39. The average molecular weight is 147 g/mol. The Kier molecular flexibility index (Phi) is 3.86. The van der Waals surface area contributed by atoms with Crippen LogP contribution >= 0.6 is 0 Å². The van der Waals surface area contributed by atoms with Gasteiger partial charge in [0.05, 0.1) is 7.11 Å². The van der Waals surface area contributed by atoms with Crippen molar-refractivity contribution in [3.05, 3.63) is 0 Å². The van der Waals surface area contributed by atoms with Gasteiger partial charge in [-0.25, -0.2) is 0 Å². The molecule has 0 aromatic carbocycles. The highest BCUT2D eigenvalue weighted by atomic mass is 16.7. The Morgan fingerprint density at radius 3 is 2.30 bits per heavy atom. The summed E-state index contributed by atoms with van der Waals surface area (Å²) >= 11 is 0. The molecule has 0 aromatic rings. The summed E-state index contributed by atoms with van der Waals surface area (Å²) in [5.41, 5.74) is -0.0786. The Hall–Kier alpha value is -0.120. The van der Waals surface area contributed by atoms with Gasteiger partial charge in [0.2, 0.25) is 0 Å². The number of hydroxylamine groups is 2. The van der Waals surface area contributed by atoms with Crippen molar-refractivity contribution in [2.24, 2.45) is 5.41 Å². The lowest BCUT2D eigenvalue weighted by Gasteiger charge is -2.26. The molecule has 0 bridgehead atoms. The van der Waals surface area contributed by atoms with Gasteiger partial charge in [0.25, 0.3) is 0 Å². The molecular weight excluding hydrogens is 130 g/mol. The molecule has 0 saturated heterocycles. The molecule has 0 rings (SSSR count). The van der Waals surface area contributed by atoms with E-state index >= 15 is 0 Å². The van der Waals surface area contributed by atoms with E-state index in [0.717, 1.165) is 6.54 Å². The van der Waals surface area contributed by atoms with Gasteiger partial charge in [-0.2, -0.15) is 5.06 Å². The second kappa shape index (κ2) is 3.91. The molecule has 0 amide bonds. The summed E-state index contributed by atoms with van der Waals surface area (Å²) < 4.78 is 0. The molecule has 3 nitrogen and oxygen atoms in total. The number of hydrogen-bond acceptors (Lipinski definition) is 3. The molecule has 0 atom stereocenters. The summed E-state index contributed by atoms with van der Waals surface area (Å²) in [6, 6.07) is 0. The van der Waals surface area contributed by atoms with Crippen LogP contribution in [0.3, 0.4) is 0 Å². The van der Waals surface area contributed by atoms with E-state index in [1.165, 1.54) is 0 Å². The van der Waals surface area contributed by atoms with Crippen LogP contribution in [0.2, 0.25) is 0 Å². The van der Waals surface area contributed by atoms with Gasteiger partial charge in [-0.3, -0.25) is 0 Å². The van der Waals surface area contributed by atoms with E-state index in [0.29, 0.717) is 0 Å². The smallest absolute Gasteiger partial charge is 0.0575 e. The highest BCUT2D eigenvalue weighted by Gasteiger charge is 2.18. The highest BCUT2D eigenvalue weighted by molar-refractivity contribution is 4.67. The van der Waals surface area contributed by atoms with Gasteiger partial charge in [-0.1, -0.05) is 13.8 Å². The first-order chi connectivity index (χ1) is 4.52. The molecular formula is C7H17NO2. The van der Waals surface area contributed by atoms with Gasteiger partial charge in [0.1, 0.15) is 0 Å². The van der Waals surface area contributed by atoms with Crippen molar-refractivity contribution in [1.29, 1.82) is 0 Å². The molecule has 0 fully saturated rings. The van der Waals surface area contributed by atoms with Crippen molar-refractivity contribution in [3.63, 3.8) is 0 Å². The number of aliphatic hydroxyl groups excluding tert-OH is 1. The lowest BCUT2D eigenvalue weighted by molar-refractivity contribution is -0.132. The summed E-state index contributed by atoms with van der Waals surface area (Å²) in [6.45, 7) is 4.89. The minimum absolute atomic E-state index is 0.0786. The zero-order valence-corrected chi connectivity index (χ0v) is 7.22. The van der Waals surface area contributed by atoms with Crippen LogP contribution in [0.1, 0.15) is 13.8 Å². The average Bonchev–Trinajstić information content (AvgIpc) is 1.87. The highest BCUT2D eigenvalue weighted by Crippen LogP contribution is 2.14. The Balaban J connectivity index is 3.64. The van der Waals surface area contributed by atoms with Crippen LogP contribution in [0.5, 0.6) is 0 Å². The number of rotatable bonds is 4. The Labute approximate surface area is 62.6 Å². The first-order valence-corrected chi connectivity index (χ1v) is 3.38. The normalized spacial score (nSPS) is 12.6. The quantitative estimate of drug-likeness (QED) is 0.588. The van der Waals surface area contributed by atoms with Crippen molar-refractivity contribution >= 4 is 0 Å². The van der Waals surface area contributed by atoms with Crippen LogP contribution in [-0.2, 0) is 4.84 Å². The number of nitrogens with zero attached hydrogens (tertiary/aromatic N) is 1. The maximum atomic E-state index is 8.86. The van der Waals surface area contributed by atoms with Crippen LogP contribution in [0, 0.1) is 5.41 Å². The summed E-state index contributed by atoms with van der Waals surface area (Å²) in [5, 5.41) is 10.6. The number of hydrogen-bond donors (Lipinski definition) is 1. The molecule has 0 saturated carbocycles. The molecule has 0 radical (unpaired) electrons. The first-order valence-electron chi connectivity index (χ1n) is 3.38. The van der Waals surface area contributed by atoms with Crippen molar-refractivity contribution < 1.29 is 9.94 Å². The van der Waals surface area contributed by atoms with E-state index in [4.69, 9.17) is 9.94 Å². The van der Waals surface area contributed by atoms with E-state index < -0.39 is 0 Å². The molecule has 3 heteroatoms. The third-order valence-corrected chi connectivity index (χ3v) is 1.39. The number of aliphatic hydroxyl groups is 1. The summed E-state index contributed by atoms with van der Waals surface area (Å²) in [7, 11) is 3.46. The monoisotopic (exact) mass is 147 g/mol. The van der Waals surface area contributed by atoms with E-state index in [2.05, 4.69) is 0 Å². The minimum Gasteiger partial charge on any atom is -0.396 e. The Morgan fingerprint density at radius 1 is 1.50 bits per heavy atom. The largest absolute Gasteiger partial charge is 0.396 e. The lowest BCUT2D eigenvalue weighted by Crippen LogP contribution is -2.33. The van der Waals surface area contributed by atoms with E-state index in [-0.39, 0.29) is 12.0 Å². The van der Waals surface area contributed by atoms with Gasteiger partial charge in [-0.15, -0.1) is 0 Å². The lowest BCUT2D eigenvalue weighted by atomic mass is 9.95. The van der Waals surface area contributed by atoms with Crippen LogP contribution in [0.25, 0.3) is 0 Å². The molecule has 0 heterocycles. The van der Waals surface area contributed by atoms with Crippen LogP contribution < -0.4 is 0 Å². The molecule has 62 valence electrons. The fraction of sp³-hybridized carbons (Fsp3) is 1.00. The maximum Gasteiger partial charge on any atom is 0.0575 e. The zero-order chi connectivity index (χ0) is 8.20. The fourth-order valence-electron chi connectivity index (χ4n) is 0.717. The zero-order valence-electron chi connectivity index (χ0n) is 7.22. The predicted octanol–water partition coefficient (Wildman–Crippen LogP) is 0.498. The maximum absolute atomic E-state index is 8.86. The Bertz CT molecular complexity index is 93.6. The van der Waals surface area contributed by atoms with Gasteiger partial charge in [0.15, 0.2) is 0 Å². The van der Waals surface area contributed by atoms with Gasteiger partial charge >= 0.3 is 0 Å². The summed E-state index contributed by atoms with van der Waals surface area (Å²) in [5.74, 6) is 0. The van der Waals surface area contributed by atoms with Crippen LogP contribution in [0.15, 0.2) is 0 Å². The third kappa shape index (κ3) is 3.82. The van der Waals surface area contributed by atoms with E-state index in [1.54, 1.807) is 12.2 Å². The van der Waals surface area contributed by atoms with Crippen LogP contribution in [0.4, 0.5) is 0 Å². The second-order valence-corrected chi connectivity index (χ2v) is 3.29. The molecule has 0 spiro atoms. The van der Waals surface area contributed by atoms with Gasteiger partial charge in [-0.05, 0) is 0 Å². The van der Waals surface area contributed by atoms with Crippen LogP contribution in [-0.4, -0.2) is 37.5 Å². The van der Waals surface area contributed by atoms with Crippen molar-refractivity contribution in [2.45, 2.75) is 13.8 Å². The first kappa shape index (κ1) is 9.88. The molecule has 0 aromatic heterocycles. The van der Waals surface area contributed by atoms with Crippen molar-refractivity contribution in [1.82, 2.24) is 5.06 Å². The predicted molar refractivity (Wildman–Crippen MR) is 40.5 cm³/mol. The molecule has 1 N–H and O–H groups in total. The van der Waals surface area contributed by atoms with Gasteiger partial charge in [0, 0.05) is 25.6 Å². The summed E-state index contributed by atoms with van der Waals surface area (Å²) in [6.07, 6.45) is 0. The molecule has 0 aliphatic heterocycles. The van der Waals surface area contributed by atoms with E-state index in [9.17, 15) is 0 Å². The molecule has 10 heavy (non-hydrogen) atoms. The Morgan fingerprint density at radius 2 is 2.00 bits per heavy atom. The van der Waals surface area contributed by atoms with Crippen molar-refractivity contribution in [2.75, 3.05) is 27.3 Å².